The quantitative estimate of drug-likeness (QED) is 0.749. The topological polar surface area (TPSA) is 88.5 Å². The fourth-order valence-corrected chi connectivity index (χ4v) is 2.22. The van der Waals surface area contributed by atoms with Crippen LogP contribution in [0, 0.1) is 6.92 Å². The number of hydrogen-bond acceptors (Lipinski definition) is 5. The van der Waals surface area contributed by atoms with Crippen molar-refractivity contribution < 1.29 is 18.7 Å². The highest BCUT2D eigenvalue weighted by Gasteiger charge is 2.19. The predicted molar refractivity (Wildman–Crippen MR) is 75.0 cm³/mol. The van der Waals surface area contributed by atoms with Crippen molar-refractivity contribution in [2.45, 2.75) is 20.0 Å². The smallest absolute Gasteiger partial charge is 0.339 e. The highest BCUT2D eigenvalue weighted by Crippen LogP contribution is 2.25. The molecule has 0 bridgehead atoms. The summed E-state index contributed by atoms with van der Waals surface area (Å²) in [5, 5.41) is 13.0. The Morgan fingerprint density at radius 1 is 1.29 bits per heavy atom. The number of carbonyl (C=O) groups is 1. The van der Waals surface area contributed by atoms with Crippen LogP contribution < -0.4 is 5.32 Å². The largest absolute Gasteiger partial charge is 0.478 e. The Labute approximate surface area is 120 Å². The van der Waals surface area contributed by atoms with E-state index < -0.39 is 5.97 Å². The minimum Gasteiger partial charge on any atom is -0.478 e. The van der Waals surface area contributed by atoms with E-state index in [1.165, 1.54) is 0 Å². The summed E-state index contributed by atoms with van der Waals surface area (Å²) in [4.78, 5) is 15.5. The number of fused-ring (bicyclic) bond motifs is 1. The minimum atomic E-state index is -0.997. The van der Waals surface area contributed by atoms with Crippen LogP contribution in [0.1, 0.15) is 27.8 Å². The van der Waals surface area contributed by atoms with Crippen molar-refractivity contribution in [3.05, 3.63) is 53.4 Å². The summed E-state index contributed by atoms with van der Waals surface area (Å²) in [6, 6.07) is 7.09. The molecule has 2 N–H and O–H groups in total. The molecule has 3 aromatic rings. The van der Waals surface area contributed by atoms with Crippen LogP contribution in [0.25, 0.3) is 11.0 Å². The molecule has 6 nitrogen and oxygen atoms in total. The summed E-state index contributed by atoms with van der Waals surface area (Å²) in [5.41, 5.74) is 0.764. The third kappa shape index (κ3) is 2.66. The lowest BCUT2D eigenvalue weighted by atomic mass is 10.1. The molecule has 108 valence electrons. The Kier molecular flexibility index (Phi) is 3.45. The number of aromatic carboxylic acids is 1. The summed E-state index contributed by atoms with van der Waals surface area (Å²) in [6.45, 7) is 2.51. The average Bonchev–Trinajstić information content (AvgIpc) is 3.02. The molecule has 3 rings (SSSR count). The van der Waals surface area contributed by atoms with E-state index in [2.05, 4.69) is 10.3 Å². The standard InChI is InChI=1S/C15H14N2O4/c1-9-6-17-13(20-9)8-16-7-12-14(15(18)19)10-4-2-3-5-11(10)21-12/h2-6,16H,7-8H2,1H3,(H,18,19). The second-order valence-corrected chi connectivity index (χ2v) is 4.67. The lowest BCUT2D eigenvalue weighted by Crippen LogP contribution is -2.14. The van der Waals surface area contributed by atoms with E-state index in [1.807, 2.05) is 13.0 Å². The van der Waals surface area contributed by atoms with Gasteiger partial charge in [-0.2, -0.15) is 0 Å². The summed E-state index contributed by atoms with van der Waals surface area (Å²) >= 11 is 0. The van der Waals surface area contributed by atoms with Crippen molar-refractivity contribution in [3.8, 4) is 0 Å². The van der Waals surface area contributed by atoms with Crippen LogP contribution in [-0.4, -0.2) is 16.1 Å². The fourth-order valence-electron chi connectivity index (χ4n) is 2.22. The molecule has 0 unspecified atom stereocenters. The Morgan fingerprint density at radius 2 is 2.10 bits per heavy atom. The second kappa shape index (κ2) is 5.41. The molecule has 2 heterocycles. The molecule has 0 saturated carbocycles. The highest BCUT2D eigenvalue weighted by atomic mass is 16.4. The van der Waals surface area contributed by atoms with Crippen molar-refractivity contribution in [1.29, 1.82) is 0 Å². The number of carboxylic acids is 1. The Hall–Kier alpha value is -2.60. The zero-order valence-electron chi connectivity index (χ0n) is 11.4. The third-order valence-corrected chi connectivity index (χ3v) is 3.11. The van der Waals surface area contributed by atoms with E-state index in [9.17, 15) is 9.90 Å². The van der Waals surface area contributed by atoms with Crippen molar-refractivity contribution >= 4 is 16.9 Å². The summed E-state index contributed by atoms with van der Waals surface area (Å²) in [5.74, 6) is 0.693. The van der Waals surface area contributed by atoms with Crippen LogP contribution in [0.5, 0.6) is 0 Å². The van der Waals surface area contributed by atoms with Crippen LogP contribution >= 0.6 is 0 Å². The second-order valence-electron chi connectivity index (χ2n) is 4.67. The van der Waals surface area contributed by atoms with Gasteiger partial charge in [0.1, 0.15) is 22.7 Å². The maximum absolute atomic E-state index is 11.4. The summed E-state index contributed by atoms with van der Waals surface area (Å²) < 4.78 is 10.9. The fraction of sp³-hybridized carbons (Fsp3) is 0.200. The minimum absolute atomic E-state index is 0.196. The van der Waals surface area contributed by atoms with Crippen molar-refractivity contribution in [2.24, 2.45) is 0 Å². The number of hydrogen-bond donors (Lipinski definition) is 2. The van der Waals surface area contributed by atoms with E-state index in [-0.39, 0.29) is 12.1 Å². The molecule has 0 radical (unpaired) electrons. The van der Waals surface area contributed by atoms with Gasteiger partial charge in [0.15, 0.2) is 0 Å². The van der Waals surface area contributed by atoms with Gasteiger partial charge in [-0.15, -0.1) is 0 Å². The predicted octanol–water partition coefficient (Wildman–Crippen LogP) is 2.72. The first-order valence-electron chi connectivity index (χ1n) is 6.51. The van der Waals surface area contributed by atoms with Crippen LogP contribution in [-0.2, 0) is 13.1 Å². The number of rotatable bonds is 5. The maximum Gasteiger partial charge on any atom is 0.339 e. The number of benzene rings is 1. The van der Waals surface area contributed by atoms with Crippen molar-refractivity contribution in [1.82, 2.24) is 10.3 Å². The van der Waals surface area contributed by atoms with Crippen LogP contribution in [0.15, 0.2) is 39.3 Å². The first kappa shape index (κ1) is 13.4. The number of carboxylic acid groups (broad SMARTS) is 1. The average molecular weight is 286 g/mol. The number of aryl methyl sites for hydroxylation is 1. The molecule has 0 amide bonds. The summed E-state index contributed by atoms with van der Waals surface area (Å²) in [6.07, 6.45) is 1.64. The molecule has 0 spiro atoms. The number of furan rings is 1. The van der Waals surface area contributed by atoms with Gasteiger partial charge in [-0.3, -0.25) is 0 Å². The molecule has 0 aliphatic carbocycles. The van der Waals surface area contributed by atoms with E-state index >= 15 is 0 Å². The molecule has 0 aliphatic heterocycles. The van der Waals surface area contributed by atoms with E-state index in [0.29, 0.717) is 29.2 Å². The van der Waals surface area contributed by atoms with Gasteiger partial charge >= 0.3 is 5.97 Å². The van der Waals surface area contributed by atoms with Gasteiger partial charge in [0.2, 0.25) is 5.89 Å². The van der Waals surface area contributed by atoms with Gasteiger partial charge < -0.3 is 19.3 Å². The van der Waals surface area contributed by atoms with Gasteiger partial charge in [0, 0.05) is 5.39 Å². The number of para-hydroxylation sites is 1. The van der Waals surface area contributed by atoms with Crippen LogP contribution in [0.2, 0.25) is 0 Å². The molecule has 0 saturated heterocycles. The van der Waals surface area contributed by atoms with E-state index in [1.54, 1.807) is 24.4 Å². The molecule has 21 heavy (non-hydrogen) atoms. The zero-order valence-corrected chi connectivity index (χ0v) is 11.4. The third-order valence-electron chi connectivity index (χ3n) is 3.11. The monoisotopic (exact) mass is 286 g/mol. The van der Waals surface area contributed by atoms with Gasteiger partial charge in [-0.1, -0.05) is 18.2 Å². The number of nitrogens with zero attached hydrogens (tertiary/aromatic N) is 1. The highest BCUT2D eigenvalue weighted by molar-refractivity contribution is 6.03. The molecular formula is C15H14N2O4. The van der Waals surface area contributed by atoms with Crippen molar-refractivity contribution in [2.75, 3.05) is 0 Å². The van der Waals surface area contributed by atoms with Crippen molar-refractivity contribution in [3.63, 3.8) is 0 Å². The van der Waals surface area contributed by atoms with Gasteiger partial charge in [-0.05, 0) is 13.0 Å². The normalized spacial score (nSPS) is 11.1. The lowest BCUT2D eigenvalue weighted by Gasteiger charge is -2.00. The van der Waals surface area contributed by atoms with E-state index in [0.717, 1.165) is 5.76 Å². The van der Waals surface area contributed by atoms with Crippen LogP contribution in [0.4, 0.5) is 0 Å². The van der Waals surface area contributed by atoms with E-state index in [4.69, 9.17) is 8.83 Å². The molecule has 0 atom stereocenters. The first-order chi connectivity index (χ1) is 10.1. The zero-order chi connectivity index (χ0) is 14.8. The maximum atomic E-state index is 11.4. The Balaban J connectivity index is 1.80. The lowest BCUT2D eigenvalue weighted by molar-refractivity contribution is 0.0696. The Bertz CT molecular complexity index is 788. The summed E-state index contributed by atoms with van der Waals surface area (Å²) in [7, 11) is 0. The molecule has 6 heteroatoms. The van der Waals surface area contributed by atoms with Gasteiger partial charge in [0.05, 0.1) is 19.3 Å². The molecule has 0 fully saturated rings. The van der Waals surface area contributed by atoms with Crippen LogP contribution in [0.3, 0.4) is 0 Å². The molecule has 0 aliphatic rings. The number of nitrogens with one attached hydrogen (secondary N) is 1. The number of oxazole rings is 1. The number of aromatic nitrogens is 1. The molecular weight excluding hydrogens is 272 g/mol. The molecule has 2 aromatic heterocycles. The van der Waals surface area contributed by atoms with Gasteiger partial charge in [0.25, 0.3) is 0 Å². The van der Waals surface area contributed by atoms with Gasteiger partial charge in [-0.25, -0.2) is 9.78 Å². The Morgan fingerprint density at radius 3 is 2.81 bits per heavy atom. The first-order valence-corrected chi connectivity index (χ1v) is 6.51. The molecule has 1 aromatic carbocycles. The SMILES string of the molecule is Cc1cnc(CNCc2oc3ccccc3c2C(=O)O)o1.